The van der Waals surface area contributed by atoms with Crippen molar-refractivity contribution in [2.24, 2.45) is 0 Å². The number of alkyl halides is 3. The Morgan fingerprint density at radius 3 is 2.37 bits per heavy atom. The third-order valence-electron chi connectivity index (χ3n) is 3.60. The Balaban J connectivity index is 2.16. The number of carbonyl (C=O) groups is 2. The Kier molecular flexibility index (Phi) is 7.79. The van der Waals surface area contributed by atoms with Gasteiger partial charge in [0, 0.05) is 17.7 Å². The molecule has 158 valence electrons. The van der Waals surface area contributed by atoms with E-state index in [9.17, 15) is 24.8 Å². The van der Waals surface area contributed by atoms with E-state index in [0.717, 1.165) is 6.07 Å². The van der Waals surface area contributed by atoms with E-state index in [0.29, 0.717) is 0 Å². The van der Waals surface area contributed by atoms with Crippen molar-refractivity contribution in [3.8, 4) is 0 Å². The van der Waals surface area contributed by atoms with E-state index in [-0.39, 0.29) is 27.6 Å². The lowest BCUT2D eigenvalue weighted by atomic mass is 10.2. The normalized spacial score (nSPS) is 11.8. The zero-order valence-corrected chi connectivity index (χ0v) is 17.8. The molecule has 4 N–H and O–H groups in total. The maximum atomic E-state index is 12.5. The summed E-state index contributed by atoms with van der Waals surface area (Å²) in [4.78, 5) is 34.0. The highest BCUT2D eigenvalue weighted by molar-refractivity contribution is 7.80. The molecular formula is C17H13Cl3N4O5S. The first-order valence-corrected chi connectivity index (χ1v) is 9.55. The van der Waals surface area contributed by atoms with Gasteiger partial charge in [0.05, 0.1) is 16.2 Å². The molecule has 0 radical (unpaired) electrons. The number of hydrogen-bond acceptors (Lipinski definition) is 5. The molecule has 2 aromatic rings. The molecule has 0 saturated heterocycles. The number of thiocarbonyl (C=S) groups is 1. The number of rotatable bonds is 6. The second kappa shape index (κ2) is 9.90. The number of benzene rings is 2. The third-order valence-corrected chi connectivity index (χ3v) is 4.48. The maximum absolute atomic E-state index is 12.5. The van der Waals surface area contributed by atoms with Crippen molar-refractivity contribution in [2.75, 3.05) is 5.32 Å². The van der Waals surface area contributed by atoms with Crippen LogP contribution in [0.3, 0.4) is 0 Å². The molecule has 0 aliphatic carbocycles. The van der Waals surface area contributed by atoms with Crippen molar-refractivity contribution in [3.05, 3.63) is 69.8 Å². The number of nitro groups is 1. The largest absolute Gasteiger partial charge is 0.478 e. The van der Waals surface area contributed by atoms with Crippen LogP contribution in [0.4, 0.5) is 11.4 Å². The molecule has 0 unspecified atom stereocenters. The standard InChI is InChI=1S/C17H13Cl3N4O5S/c18-17(19,20)15(22-13(25)9-4-3-5-10(8-9)24(28)29)23-16(30)21-12-7-2-1-6-11(12)14(26)27/h1-8,15H,(H,22,25)(H,26,27)(H2,21,23,30)/t15-/m0/s1. The van der Waals surface area contributed by atoms with Crippen LogP contribution in [0.5, 0.6) is 0 Å². The molecular weight excluding hydrogens is 479 g/mol. The quantitative estimate of drug-likeness (QED) is 0.158. The van der Waals surface area contributed by atoms with E-state index < -0.39 is 26.8 Å². The van der Waals surface area contributed by atoms with Gasteiger partial charge in [0.2, 0.25) is 3.79 Å². The summed E-state index contributed by atoms with van der Waals surface area (Å²) in [5.74, 6) is -1.95. The number of non-ortho nitro benzene ring substituents is 1. The molecule has 13 heteroatoms. The third kappa shape index (κ3) is 6.42. The SMILES string of the molecule is O=C(N[C@@H](NC(=S)Nc1ccccc1C(=O)O)C(Cl)(Cl)Cl)c1cccc([N+](=O)[O-])c1. The molecule has 9 nitrogen and oxygen atoms in total. The van der Waals surface area contributed by atoms with Gasteiger partial charge in [-0.3, -0.25) is 14.9 Å². The summed E-state index contributed by atoms with van der Waals surface area (Å²) in [6.45, 7) is 0. The van der Waals surface area contributed by atoms with Gasteiger partial charge in [0.1, 0.15) is 6.17 Å². The van der Waals surface area contributed by atoms with Gasteiger partial charge < -0.3 is 21.1 Å². The number of aromatic carboxylic acids is 1. The van der Waals surface area contributed by atoms with Gasteiger partial charge in [-0.2, -0.15) is 0 Å². The number of anilines is 1. The number of hydrogen-bond donors (Lipinski definition) is 4. The summed E-state index contributed by atoms with van der Waals surface area (Å²) in [5, 5.41) is 27.6. The van der Waals surface area contributed by atoms with Gasteiger partial charge in [-0.25, -0.2) is 4.79 Å². The maximum Gasteiger partial charge on any atom is 0.337 e. The highest BCUT2D eigenvalue weighted by Gasteiger charge is 2.35. The lowest BCUT2D eigenvalue weighted by Gasteiger charge is -2.28. The van der Waals surface area contributed by atoms with E-state index in [4.69, 9.17) is 47.0 Å². The Morgan fingerprint density at radius 1 is 1.10 bits per heavy atom. The minimum Gasteiger partial charge on any atom is -0.478 e. The fourth-order valence-corrected chi connectivity index (χ4v) is 2.80. The van der Waals surface area contributed by atoms with Crippen LogP contribution in [0.1, 0.15) is 20.7 Å². The molecule has 1 atom stereocenters. The zero-order chi connectivity index (χ0) is 22.5. The number of nitrogens with one attached hydrogen (secondary N) is 3. The van der Waals surface area contributed by atoms with Crippen LogP contribution >= 0.6 is 47.0 Å². The Hall–Kier alpha value is -2.66. The van der Waals surface area contributed by atoms with Crippen LogP contribution in [0.2, 0.25) is 0 Å². The molecule has 0 aromatic heterocycles. The fourth-order valence-electron chi connectivity index (χ4n) is 2.24. The monoisotopic (exact) mass is 490 g/mol. The summed E-state index contributed by atoms with van der Waals surface area (Å²) < 4.78 is -2.07. The molecule has 2 rings (SSSR count). The zero-order valence-electron chi connectivity index (χ0n) is 14.8. The number of para-hydroxylation sites is 1. The number of nitrogens with zero attached hydrogens (tertiary/aromatic N) is 1. The summed E-state index contributed by atoms with van der Waals surface area (Å²) in [6.07, 6.45) is -1.36. The minimum atomic E-state index is -2.07. The second-order valence-corrected chi connectivity index (χ2v) is 8.48. The molecule has 1 amide bonds. The lowest BCUT2D eigenvalue weighted by Crippen LogP contribution is -2.56. The van der Waals surface area contributed by atoms with Crippen molar-refractivity contribution in [1.29, 1.82) is 0 Å². The summed E-state index contributed by atoms with van der Waals surface area (Å²) in [6, 6.07) is 10.9. The van der Waals surface area contributed by atoms with E-state index in [2.05, 4.69) is 16.0 Å². The predicted octanol–water partition coefficient (Wildman–Crippen LogP) is 3.71. The molecule has 2 aromatic carbocycles. The molecule has 0 spiro atoms. The molecule has 0 heterocycles. The van der Waals surface area contributed by atoms with Crippen LogP contribution in [0, 0.1) is 10.1 Å². The van der Waals surface area contributed by atoms with Gasteiger partial charge in [0.25, 0.3) is 11.6 Å². The van der Waals surface area contributed by atoms with Crippen LogP contribution < -0.4 is 16.0 Å². The molecule has 0 aliphatic heterocycles. The van der Waals surface area contributed by atoms with Gasteiger partial charge in [-0.1, -0.05) is 53.0 Å². The average molecular weight is 492 g/mol. The fraction of sp³-hybridized carbons (Fsp3) is 0.118. The number of carboxylic acids is 1. The van der Waals surface area contributed by atoms with E-state index in [1.165, 1.54) is 36.4 Å². The van der Waals surface area contributed by atoms with Gasteiger partial charge >= 0.3 is 5.97 Å². The first kappa shape index (κ1) is 23.6. The summed E-state index contributed by atoms with van der Waals surface area (Å²) in [7, 11) is 0. The van der Waals surface area contributed by atoms with Crippen molar-refractivity contribution < 1.29 is 19.6 Å². The van der Waals surface area contributed by atoms with E-state index in [1.54, 1.807) is 6.07 Å². The topological polar surface area (TPSA) is 134 Å². The van der Waals surface area contributed by atoms with Gasteiger partial charge in [0.15, 0.2) is 5.11 Å². The van der Waals surface area contributed by atoms with Crippen molar-refractivity contribution >= 4 is 75.4 Å². The Bertz CT molecular complexity index is 999. The number of amides is 1. The lowest BCUT2D eigenvalue weighted by molar-refractivity contribution is -0.384. The predicted molar refractivity (Wildman–Crippen MR) is 117 cm³/mol. The van der Waals surface area contributed by atoms with Crippen LogP contribution in [-0.2, 0) is 0 Å². The smallest absolute Gasteiger partial charge is 0.337 e. The molecule has 30 heavy (non-hydrogen) atoms. The number of nitro benzene ring substituents is 1. The molecule has 0 aliphatic rings. The number of carboxylic acid groups (broad SMARTS) is 1. The van der Waals surface area contributed by atoms with Crippen molar-refractivity contribution in [2.45, 2.75) is 9.96 Å². The molecule has 0 bridgehead atoms. The number of halogens is 3. The molecule has 0 saturated carbocycles. The first-order valence-electron chi connectivity index (χ1n) is 8.01. The minimum absolute atomic E-state index is 0.0413. The van der Waals surface area contributed by atoms with Crippen LogP contribution in [0.25, 0.3) is 0 Å². The van der Waals surface area contributed by atoms with Crippen LogP contribution in [-0.4, -0.2) is 37.0 Å². The van der Waals surface area contributed by atoms with Gasteiger partial charge in [-0.05, 0) is 30.4 Å². The first-order chi connectivity index (χ1) is 14.0. The average Bonchev–Trinajstić information content (AvgIpc) is 2.67. The Morgan fingerprint density at radius 2 is 1.77 bits per heavy atom. The van der Waals surface area contributed by atoms with E-state index in [1.807, 2.05) is 0 Å². The highest BCUT2D eigenvalue weighted by Crippen LogP contribution is 2.29. The van der Waals surface area contributed by atoms with E-state index >= 15 is 0 Å². The number of carbonyl (C=O) groups excluding carboxylic acids is 1. The summed E-state index contributed by atoms with van der Waals surface area (Å²) >= 11 is 22.8. The van der Waals surface area contributed by atoms with Crippen LogP contribution in [0.15, 0.2) is 48.5 Å². The van der Waals surface area contributed by atoms with Crippen molar-refractivity contribution in [3.63, 3.8) is 0 Å². The molecule has 0 fully saturated rings. The Labute approximate surface area is 190 Å². The van der Waals surface area contributed by atoms with Gasteiger partial charge in [-0.15, -0.1) is 0 Å². The highest BCUT2D eigenvalue weighted by atomic mass is 35.6. The second-order valence-electron chi connectivity index (χ2n) is 5.70. The summed E-state index contributed by atoms with van der Waals surface area (Å²) in [5.41, 5.74) is -0.202. The van der Waals surface area contributed by atoms with Crippen molar-refractivity contribution in [1.82, 2.24) is 10.6 Å².